The van der Waals surface area contributed by atoms with Crippen LogP contribution in [0.25, 0.3) is 0 Å². The normalized spacial score (nSPS) is 17.3. The molecule has 0 atom stereocenters. The molecule has 0 spiro atoms. The molecule has 3 N–H and O–H groups in total. The molecular formula is C15H22N2O. The van der Waals surface area contributed by atoms with Gasteiger partial charge in [-0.15, -0.1) is 0 Å². The summed E-state index contributed by atoms with van der Waals surface area (Å²) in [6.45, 7) is 5.95. The Labute approximate surface area is 109 Å². The Bertz CT molecular complexity index is 456. The Kier molecular flexibility index (Phi) is 3.20. The zero-order valence-corrected chi connectivity index (χ0v) is 11.4. The van der Waals surface area contributed by atoms with Gasteiger partial charge in [-0.05, 0) is 51.7 Å². The highest BCUT2D eigenvalue weighted by Gasteiger charge is 2.38. The van der Waals surface area contributed by atoms with Gasteiger partial charge in [0.15, 0.2) is 0 Å². The second-order valence-electron chi connectivity index (χ2n) is 6.40. The molecule has 0 aromatic heterocycles. The largest absolute Gasteiger partial charge is 0.347 e. The number of carbonyl (C=O) groups excluding carboxylic acids is 1. The van der Waals surface area contributed by atoms with E-state index in [4.69, 9.17) is 5.73 Å². The van der Waals surface area contributed by atoms with Gasteiger partial charge in [0.1, 0.15) is 0 Å². The Morgan fingerprint density at radius 1 is 1.33 bits per heavy atom. The molecule has 3 nitrogen and oxygen atoms in total. The minimum Gasteiger partial charge on any atom is -0.347 e. The molecule has 1 saturated carbocycles. The molecule has 0 radical (unpaired) electrons. The number of hydrogen-bond acceptors (Lipinski definition) is 2. The first-order valence-corrected chi connectivity index (χ1v) is 6.48. The van der Waals surface area contributed by atoms with Crippen molar-refractivity contribution in [3.05, 3.63) is 35.4 Å². The quantitative estimate of drug-likeness (QED) is 0.859. The van der Waals surface area contributed by atoms with Gasteiger partial charge in [0.25, 0.3) is 5.91 Å². The fraction of sp³-hybridized carbons (Fsp3) is 0.533. The van der Waals surface area contributed by atoms with Gasteiger partial charge in [0.05, 0.1) is 0 Å². The van der Waals surface area contributed by atoms with Crippen LogP contribution in [0.2, 0.25) is 0 Å². The number of rotatable bonds is 3. The van der Waals surface area contributed by atoms with E-state index in [9.17, 15) is 4.79 Å². The van der Waals surface area contributed by atoms with Crippen molar-refractivity contribution in [2.75, 3.05) is 0 Å². The summed E-state index contributed by atoms with van der Waals surface area (Å²) < 4.78 is 0. The van der Waals surface area contributed by atoms with Crippen LogP contribution in [-0.2, 0) is 6.42 Å². The molecule has 1 aromatic carbocycles. The highest BCUT2D eigenvalue weighted by molar-refractivity contribution is 5.96. The average molecular weight is 246 g/mol. The van der Waals surface area contributed by atoms with Gasteiger partial charge in [-0.25, -0.2) is 0 Å². The van der Waals surface area contributed by atoms with Crippen LogP contribution in [0, 0.1) is 0 Å². The lowest BCUT2D eigenvalue weighted by Crippen LogP contribution is -2.41. The molecule has 1 aromatic rings. The second kappa shape index (κ2) is 4.39. The third kappa shape index (κ3) is 3.33. The lowest BCUT2D eigenvalue weighted by molar-refractivity contribution is 0.0918. The molecule has 1 aliphatic carbocycles. The number of nitrogens with two attached hydrogens (primary N) is 1. The monoisotopic (exact) mass is 246 g/mol. The van der Waals surface area contributed by atoms with E-state index in [1.165, 1.54) is 0 Å². The van der Waals surface area contributed by atoms with Crippen LogP contribution >= 0.6 is 0 Å². The maximum atomic E-state index is 12.2. The zero-order valence-electron chi connectivity index (χ0n) is 11.4. The average Bonchev–Trinajstić information content (AvgIpc) is 2.94. The second-order valence-corrected chi connectivity index (χ2v) is 6.40. The fourth-order valence-corrected chi connectivity index (χ4v) is 2.02. The SMILES string of the molecule is CC(C)(C)NC(=O)c1ccccc1CC1(N)CC1. The van der Waals surface area contributed by atoms with Crippen molar-refractivity contribution in [2.24, 2.45) is 5.73 Å². The molecule has 0 heterocycles. The summed E-state index contributed by atoms with van der Waals surface area (Å²) in [5.74, 6) is -0.0117. The smallest absolute Gasteiger partial charge is 0.251 e. The van der Waals surface area contributed by atoms with E-state index in [1.54, 1.807) is 0 Å². The van der Waals surface area contributed by atoms with E-state index < -0.39 is 0 Å². The van der Waals surface area contributed by atoms with Crippen LogP contribution in [0.15, 0.2) is 24.3 Å². The maximum Gasteiger partial charge on any atom is 0.251 e. The zero-order chi connectivity index (χ0) is 13.4. The highest BCUT2D eigenvalue weighted by Crippen LogP contribution is 2.36. The van der Waals surface area contributed by atoms with Gasteiger partial charge in [0.2, 0.25) is 0 Å². The molecule has 0 aliphatic heterocycles. The lowest BCUT2D eigenvalue weighted by atomic mass is 9.98. The van der Waals surface area contributed by atoms with Crippen LogP contribution in [0.1, 0.15) is 49.5 Å². The van der Waals surface area contributed by atoms with Gasteiger partial charge in [-0.2, -0.15) is 0 Å². The Balaban J connectivity index is 2.19. The van der Waals surface area contributed by atoms with Gasteiger partial charge in [-0.1, -0.05) is 18.2 Å². The van der Waals surface area contributed by atoms with Crippen LogP contribution in [0.5, 0.6) is 0 Å². The lowest BCUT2D eigenvalue weighted by Gasteiger charge is -2.22. The van der Waals surface area contributed by atoms with Crippen molar-refractivity contribution in [3.8, 4) is 0 Å². The predicted octanol–water partition coefficient (Wildman–Crippen LogP) is 2.25. The van der Waals surface area contributed by atoms with Crippen molar-refractivity contribution in [1.82, 2.24) is 5.32 Å². The van der Waals surface area contributed by atoms with Crippen molar-refractivity contribution in [3.63, 3.8) is 0 Å². The van der Waals surface area contributed by atoms with Crippen molar-refractivity contribution in [2.45, 2.75) is 51.1 Å². The van der Waals surface area contributed by atoms with Gasteiger partial charge >= 0.3 is 0 Å². The Morgan fingerprint density at radius 3 is 2.50 bits per heavy atom. The summed E-state index contributed by atoms with van der Waals surface area (Å²) in [6, 6.07) is 7.75. The number of carbonyl (C=O) groups is 1. The number of amides is 1. The molecule has 18 heavy (non-hydrogen) atoms. The number of benzene rings is 1. The summed E-state index contributed by atoms with van der Waals surface area (Å²) in [5.41, 5.74) is 7.66. The molecule has 1 fully saturated rings. The maximum absolute atomic E-state index is 12.2. The van der Waals surface area contributed by atoms with E-state index in [0.717, 1.165) is 30.4 Å². The molecule has 0 bridgehead atoms. The first kappa shape index (κ1) is 13.1. The predicted molar refractivity (Wildman–Crippen MR) is 73.5 cm³/mol. The van der Waals surface area contributed by atoms with Crippen LogP contribution in [0.4, 0.5) is 0 Å². The van der Waals surface area contributed by atoms with Gasteiger partial charge in [-0.3, -0.25) is 4.79 Å². The van der Waals surface area contributed by atoms with Gasteiger partial charge < -0.3 is 11.1 Å². The van der Waals surface area contributed by atoms with E-state index in [2.05, 4.69) is 5.32 Å². The fourth-order valence-electron chi connectivity index (χ4n) is 2.02. The van der Waals surface area contributed by atoms with Crippen molar-refractivity contribution >= 4 is 5.91 Å². The Morgan fingerprint density at radius 2 is 1.94 bits per heavy atom. The summed E-state index contributed by atoms with van der Waals surface area (Å²) in [5, 5.41) is 3.00. The molecule has 1 amide bonds. The third-order valence-corrected chi connectivity index (χ3v) is 3.19. The summed E-state index contributed by atoms with van der Waals surface area (Å²) in [4.78, 5) is 12.2. The van der Waals surface area contributed by atoms with E-state index >= 15 is 0 Å². The molecule has 98 valence electrons. The first-order chi connectivity index (χ1) is 8.29. The first-order valence-electron chi connectivity index (χ1n) is 6.48. The summed E-state index contributed by atoms with van der Waals surface area (Å²) in [6.07, 6.45) is 2.91. The Hall–Kier alpha value is -1.35. The minimum atomic E-state index is -0.218. The minimum absolute atomic E-state index is 0.0117. The van der Waals surface area contributed by atoms with E-state index in [1.807, 2.05) is 45.0 Å². The van der Waals surface area contributed by atoms with Crippen molar-refractivity contribution in [1.29, 1.82) is 0 Å². The van der Waals surface area contributed by atoms with Crippen LogP contribution < -0.4 is 11.1 Å². The molecule has 1 aliphatic rings. The third-order valence-electron chi connectivity index (χ3n) is 3.19. The van der Waals surface area contributed by atoms with Crippen molar-refractivity contribution < 1.29 is 4.79 Å². The number of hydrogen-bond donors (Lipinski definition) is 2. The van der Waals surface area contributed by atoms with Crippen LogP contribution in [-0.4, -0.2) is 17.0 Å². The van der Waals surface area contributed by atoms with E-state index in [0.29, 0.717) is 0 Å². The number of nitrogens with one attached hydrogen (secondary N) is 1. The van der Waals surface area contributed by atoms with Crippen LogP contribution in [0.3, 0.4) is 0 Å². The standard InChI is InChI=1S/C15H22N2O/c1-14(2,3)17-13(18)12-7-5-4-6-11(12)10-15(16)8-9-15/h4-7H,8-10,16H2,1-3H3,(H,17,18). The molecule has 3 heteroatoms. The van der Waals surface area contributed by atoms with E-state index in [-0.39, 0.29) is 17.0 Å². The molecule has 0 unspecified atom stereocenters. The topological polar surface area (TPSA) is 55.1 Å². The summed E-state index contributed by atoms with van der Waals surface area (Å²) >= 11 is 0. The highest BCUT2D eigenvalue weighted by atomic mass is 16.1. The molecule has 2 rings (SSSR count). The summed E-state index contributed by atoms with van der Waals surface area (Å²) in [7, 11) is 0. The molecular weight excluding hydrogens is 224 g/mol. The molecule has 0 saturated heterocycles. The van der Waals surface area contributed by atoms with Gasteiger partial charge in [0, 0.05) is 16.6 Å².